The van der Waals surface area contributed by atoms with Gasteiger partial charge < -0.3 is 9.13 Å². The summed E-state index contributed by atoms with van der Waals surface area (Å²) < 4.78 is 4.79. The van der Waals surface area contributed by atoms with Gasteiger partial charge in [-0.2, -0.15) is 0 Å². The van der Waals surface area contributed by atoms with Gasteiger partial charge >= 0.3 is 0 Å². The minimum atomic E-state index is 0.900. The summed E-state index contributed by atoms with van der Waals surface area (Å²) in [6.45, 7) is 3.91. The molecule has 5 aromatic carbocycles. The van der Waals surface area contributed by atoms with E-state index >= 15 is 0 Å². The Morgan fingerprint density at radius 3 is 1.98 bits per heavy atom. The third-order valence-electron chi connectivity index (χ3n) is 8.31. The number of nitrogens with zero attached hydrogens (tertiary/aromatic N) is 2. The quantitative estimate of drug-likeness (QED) is 0.217. The molecule has 0 radical (unpaired) electrons. The third kappa shape index (κ3) is 3.72. The first-order chi connectivity index (χ1) is 20.3. The Morgan fingerprint density at radius 2 is 1.22 bits per heavy atom. The molecule has 0 amide bonds. The first kappa shape index (κ1) is 23.5. The Morgan fingerprint density at radius 1 is 0.537 bits per heavy atom. The van der Waals surface area contributed by atoms with Gasteiger partial charge in [-0.1, -0.05) is 104 Å². The second-order valence-corrected chi connectivity index (χ2v) is 10.7. The number of aromatic nitrogens is 2. The van der Waals surface area contributed by atoms with Crippen molar-refractivity contribution in [2.24, 2.45) is 0 Å². The summed E-state index contributed by atoms with van der Waals surface area (Å²) >= 11 is 0. The lowest BCUT2D eigenvalue weighted by Gasteiger charge is -2.13. The molecule has 0 fully saturated rings. The van der Waals surface area contributed by atoms with Crippen molar-refractivity contribution in [1.82, 2.24) is 9.13 Å². The van der Waals surface area contributed by atoms with E-state index in [0.29, 0.717) is 0 Å². The second kappa shape index (κ2) is 9.39. The number of para-hydroxylation sites is 3. The molecular weight excluding hydrogens is 496 g/mol. The van der Waals surface area contributed by atoms with Crippen LogP contribution in [0.15, 0.2) is 152 Å². The van der Waals surface area contributed by atoms with Crippen LogP contribution in [0.3, 0.4) is 0 Å². The van der Waals surface area contributed by atoms with Crippen LogP contribution in [0, 0.1) is 0 Å². The summed E-state index contributed by atoms with van der Waals surface area (Å²) in [5.74, 6) is 0. The predicted octanol–water partition coefficient (Wildman–Crippen LogP) is 10.1. The number of hydrogen-bond acceptors (Lipinski definition) is 0. The van der Waals surface area contributed by atoms with E-state index in [9.17, 15) is 0 Å². The lowest BCUT2D eigenvalue weighted by molar-refractivity contribution is 1.06. The van der Waals surface area contributed by atoms with Gasteiger partial charge in [-0.15, -0.1) is 0 Å². The van der Waals surface area contributed by atoms with Gasteiger partial charge in [0.1, 0.15) is 0 Å². The number of hydrogen-bond donors (Lipinski definition) is 0. The molecule has 8 rings (SSSR count). The van der Waals surface area contributed by atoms with Crippen molar-refractivity contribution in [3.63, 3.8) is 0 Å². The molecule has 41 heavy (non-hydrogen) atoms. The SMILES string of the molecule is C=C/C=C1/C=Cc2c(c3ccc(-c4cccc(-n5c6ccccc6c6ccccc65)c4)cc3n2-c2ccccc2)C1. The van der Waals surface area contributed by atoms with Gasteiger partial charge in [0, 0.05) is 34.0 Å². The predicted molar refractivity (Wildman–Crippen MR) is 174 cm³/mol. The average molecular weight is 525 g/mol. The fourth-order valence-electron chi connectivity index (χ4n) is 6.51. The molecule has 0 aliphatic heterocycles. The maximum Gasteiger partial charge on any atom is 0.0543 e. The topological polar surface area (TPSA) is 9.86 Å². The molecule has 0 bridgehead atoms. The summed E-state index contributed by atoms with van der Waals surface area (Å²) in [5.41, 5.74) is 12.3. The summed E-state index contributed by atoms with van der Waals surface area (Å²) in [7, 11) is 0. The average Bonchev–Trinajstić information content (AvgIpc) is 3.54. The first-order valence-electron chi connectivity index (χ1n) is 14.1. The molecule has 194 valence electrons. The van der Waals surface area contributed by atoms with Crippen LogP contribution in [0.1, 0.15) is 11.3 Å². The molecule has 2 aromatic heterocycles. The zero-order chi connectivity index (χ0) is 27.3. The molecule has 1 aliphatic rings. The smallest absolute Gasteiger partial charge is 0.0543 e. The van der Waals surface area contributed by atoms with Crippen molar-refractivity contribution in [1.29, 1.82) is 0 Å². The van der Waals surface area contributed by atoms with E-state index in [1.807, 2.05) is 6.08 Å². The standard InChI is InChI=1S/C39H28N2/c1-2-11-27-20-23-38-35(24-27)34-22-21-29(26-39(34)40(38)30-13-4-3-5-14-30)28-12-10-15-31(25-28)41-36-18-8-6-16-32(36)33-17-7-9-19-37(33)41/h2-23,25-26H,1,24H2/b27-11-. The van der Waals surface area contributed by atoms with Gasteiger partial charge in [0.2, 0.25) is 0 Å². The molecule has 7 aromatic rings. The van der Waals surface area contributed by atoms with Gasteiger partial charge in [-0.05, 0) is 70.8 Å². The van der Waals surface area contributed by atoms with Crippen molar-refractivity contribution in [2.45, 2.75) is 6.42 Å². The third-order valence-corrected chi connectivity index (χ3v) is 8.31. The molecule has 0 unspecified atom stereocenters. The van der Waals surface area contributed by atoms with Crippen molar-refractivity contribution in [2.75, 3.05) is 0 Å². The molecule has 0 saturated heterocycles. The summed E-state index contributed by atoms with van der Waals surface area (Å²) in [5, 5.41) is 3.85. The van der Waals surface area contributed by atoms with Crippen LogP contribution in [-0.2, 0) is 6.42 Å². The van der Waals surface area contributed by atoms with E-state index in [1.165, 1.54) is 72.0 Å². The Balaban J connectivity index is 1.33. The van der Waals surface area contributed by atoms with E-state index < -0.39 is 0 Å². The normalized spacial score (nSPS) is 13.8. The van der Waals surface area contributed by atoms with Gasteiger partial charge in [0.05, 0.1) is 22.2 Å². The van der Waals surface area contributed by atoms with E-state index in [1.54, 1.807) is 0 Å². The van der Waals surface area contributed by atoms with Crippen LogP contribution < -0.4 is 0 Å². The molecule has 0 spiro atoms. The van der Waals surface area contributed by atoms with Crippen LogP contribution in [0.4, 0.5) is 0 Å². The zero-order valence-corrected chi connectivity index (χ0v) is 22.7. The summed E-state index contributed by atoms with van der Waals surface area (Å²) in [6.07, 6.45) is 9.36. The minimum Gasteiger partial charge on any atom is -0.310 e. The van der Waals surface area contributed by atoms with Crippen molar-refractivity contribution in [3.8, 4) is 22.5 Å². The Bertz CT molecular complexity index is 2130. The number of rotatable bonds is 4. The largest absolute Gasteiger partial charge is 0.310 e. The Kier molecular flexibility index (Phi) is 5.39. The molecule has 0 saturated carbocycles. The Hall–Kier alpha value is -5.34. The molecule has 2 heterocycles. The summed E-state index contributed by atoms with van der Waals surface area (Å²) in [4.78, 5) is 0. The fraction of sp³-hybridized carbons (Fsp3) is 0.0256. The monoisotopic (exact) mass is 524 g/mol. The summed E-state index contributed by atoms with van der Waals surface area (Å²) in [6, 6.07) is 43.9. The van der Waals surface area contributed by atoms with Crippen molar-refractivity contribution < 1.29 is 0 Å². The minimum absolute atomic E-state index is 0.900. The first-order valence-corrected chi connectivity index (χ1v) is 14.1. The second-order valence-electron chi connectivity index (χ2n) is 10.7. The fourth-order valence-corrected chi connectivity index (χ4v) is 6.51. The van der Waals surface area contributed by atoms with Crippen molar-refractivity contribution >= 4 is 38.8 Å². The molecular formula is C39H28N2. The van der Waals surface area contributed by atoms with Crippen LogP contribution in [0.25, 0.3) is 61.3 Å². The maximum atomic E-state index is 3.91. The highest BCUT2D eigenvalue weighted by molar-refractivity contribution is 6.09. The highest BCUT2D eigenvalue weighted by atomic mass is 15.0. The number of allylic oxidation sites excluding steroid dienone is 4. The maximum absolute atomic E-state index is 3.91. The molecule has 2 nitrogen and oxygen atoms in total. The van der Waals surface area contributed by atoms with E-state index in [0.717, 1.165) is 6.42 Å². The van der Waals surface area contributed by atoms with E-state index in [2.05, 4.69) is 155 Å². The van der Waals surface area contributed by atoms with Gasteiger partial charge in [0.15, 0.2) is 0 Å². The van der Waals surface area contributed by atoms with Gasteiger partial charge in [0.25, 0.3) is 0 Å². The van der Waals surface area contributed by atoms with Crippen LogP contribution in [0.5, 0.6) is 0 Å². The highest BCUT2D eigenvalue weighted by Crippen LogP contribution is 2.38. The number of benzene rings is 5. The van der Waals surface area contributed by atoms with E-state index in [4.69, 9.17) is 0 Å². The highest BCUT2D eigenvalue weighted by Gasteiger charge is 2.21. The van der Waals surface area contributed by atoms with Crippen LogP contribution >= 0.6 is 0 Å². The molecule has 0 N–H and O–H groups in total. The van der Waals surface area contributed by atoms with Crippen molar-refractivity contribution in [3.05, 3.63) is 163 Å². The zero-order valence-electron chi connectivity index (χ0n) is 22.7. The molecule has 1 aliphatic carbocycles. The lowest BCUT2D eigenvalue weighted by Crippen LogP contribution is -2.01. The van der Waals surface area contributed by atoms with E-state index in [-0.39, 0.29) is 0 Å². The molecule has 0 atom stereocenters. The number of fused-ring (bicyclic) bond motifs is 6. The Labute approximate surface area is 239 Å². The van der Waals surface area contributed by atoms with Crippen LogP contribution in [0.2, 0.25) is 0 Å². The molecule has 2 heteroatoms. The lowest BCUT2D eigenvalue weighted by atomic mass is 9.95. The van der Waals surface area contributed by atoms with Crippen LogP contribution in [-0.4, -0.2) is 9.13 Å². The van der Waals surface area contributed by atoms with Gasteiger partial charge in [-0.3, -0.25) is 0 Å². The van der Waals surface area contributed by atoms with Gasteiger partial charge in [-0.25, -0.2) is 0 Å².